The van der Waals surface area contributed by atoms with Crippen molar-refractivity contribution in [2.24, 2.45) is 0 Å². The zero-order valence-corrected chi connectivity index (χ0v) is 15.7. The van der Waals surface area contributed by atoms with E-state index < -0.39 is 11.2 Å². The summed E-state index contributed by atoms with van der Waals surface area (Å²) < 4.78 is 2.22. The minimum Gasteiger partial charge on any atom is -0.273 e. The van der Waals surface area contributed by atoms with Gasteiger partial charge in [0.1, 0.15) is 0 Å². The van der Waals surface area contributed by atoms with Crippen LogP contribution in [0.2, 0.25) is 5.02 Å². The molecule has 1 heterocycles. The molecule has 0 radical (unpaired) electrons. The number of aromatic amines is 1. The van der Waals surface area contributed by atoms with Crippen molar-refractivity contribution >= 4 is 38.4 Å². The normalized spacial score (nSPS) is 11.2. The summed E-state index contributed by atoms with van der Waals surface area (Å²) in [5, 5.41) is 0.813. The Morgan fingerprint density at radius 2 is 1.75 bits per heavy atom. The van der Waals surface area contributed by atoms with Gasteiger partial charge in [-0.15, -0.1) is 0 Å². The summed E-state index contributed by atoms with van der Waals surface area (Å²) in [5.74, 6) is 0. The minimum absolute atomic E-state index is 0.385. The Kier molecular flexibility index (Phi) is 4.65. The molecule has 0 saturated heterocycles. The Morgan fingerprint density at radius 1 is 1.12 bits per heavy atom. The average Bonchev–Trinajstić information content (AvgIpc) is 2.56. The molecule has 0 atom stereocenters. The Morgan fingerprint density at radius 3 is 2.33 bits per heavy atom. The number of aromatic nitrogens is 2. The standard InChI is InChI=1S/C18H16BrClN2O2/c1-3-10-6-5-7-11(4-2)16(10)22-15-9-13(19)14(20)8-12(15)17(23)21-18(22)24/h5-9H,3-4H2,1-2H3,(H,21,23,24). The molecule has 1 aromatic heterocycles. The van der Waals surface area contributed by atoms with Crippen LogP contribution in [0.3, 0.4) is 0 Å². The lowest BCUT2D eigenvalue weighted by Crippen LogP contribution is -2.30. The number of halogens is 2. The largest absolute Gasteiger partial charge is 0.333 e. The Bertz CT molecular complexity index is 1030. The molecule has 0 spiro atoms. The van der Waals surface area contributed by atoms with E-state index in [0.717, 1.165) is 29.7 Å². The van der Waals surface area contributed by atoms with E-state index in [1.807, 2.05) is 32.0 Å². The summed E-state index contributed by atoms with van der Waals surface area (Å²) in [6, 6.07) is 9.30. The maximum Gasteiger partial charge on any atom is 0.333 e. The summed E-state index contributed by atoms with van der Waals surface area (Å²) >= 11 is 9.51. The van der Waals surface area contributed by atoms with E-state index >= 15 is 0 Å². The van der Waals surface area contributed by atoms with Gasteiger partial charge in [-0.2, -0.15) is 0 Å². The molecule has 0 saturated carbocycles. The third-order valence-electron chi connectivity index (χ3n) is 4.14. The highest BCUT2D eigenvalue weighted by Crippen LogP contribution is 2.29. The fourth-order valence-corrected chi connectivity index (χ4v) is 3.45. The second-order valence-corrected chi connectivity index (χ2v) is 6.77. The molecule has 1 N–H and O–H groups in total. The topological polar surface area (TPSA) is 54.9 Å². The number of benzene rings is 2. The molecule has 3 aromatic rings. The Balaban J connectivity index is 2.55. The molecule has 24 heavy (non-hydrogen) atoms. The highest BCUT2D eigenvalue weighted by Gasteiger charge is 2.16. The number of nitrogens with one attached hydrogen (secondary N) is 1. The average molecular weight is 408 g/mol. The van der Waals surface area contributed by atoms with E-state index in [1.54, 1.807) is 16.7 Å². The SMILES string of the molecule is CCc1cccc(CC)c1-n1c(=O)[nH]c(=O)c2cc(Cl)c(Br)cc21. The number of para-hydroxylation sites is 1. The van der Waals surface area contributed by atoms with Crippen LogP contribution in [0.25, 0.3) is 16.6 Å². The summed E-state index contributed by atoms with van der Waals surface area (Å²) in [6.07, 6.45) is 1.57. The van der Waals surface area contributed by atoms with Gasteiger partial charge in [-0.05, 0) is 52.0 Å². The first kappa shape index (κ1) is 17.0. The number of rotatable bonds is 3. The van der Waals surface area contributed by atoms with Gasteiger partial charge >= 0.3 is 5.69 Å². The van der Waals surface area contributed by atoms with E-state index in [1.165, 1.54) is 0 Å². The highest BCUT2D eigenvalue weighted by molar-refractivity contribution is 9.10. The number of hydrogen-bond acceptors (Lipinski definition) is 2. The molecular weight excluding hydrogens is 392 g/mol. The van der Waals surface area contributed by atoms with Crippen LogP contribution < -0.4 is 11.2 Å². The Labute approximate surface area is 152 Å². The zero-order chi connectivity index (χ0) is 17.4. The Hall–Kier alpha value is -1.85. The summed E-state index contributed by atoms with van der Waals surface area (Å²) in [7, 11) is 0. The van der Waals surface area contributed by atoms with E-state index in [-0.39, 0.29) is 0 Å². The highest BCUT2D eigenvalue weighted by atomic mass is 79.9. The molecule has 124 valence electrons. The summed E-state index contributed by atoms with van der Waals surface area (Å²) in [6.45, 7) is 4.09. The van der Waals surface area contributed by atoms with Crippen LogP contribution in [-0.2, 0) is 12.8 Å². The van der Waals surface area contributed by atoms with Crippen molar-refractivity contribution < 1.29 is 0 Å². The quantitative estimate of drug-likeness (QED) is 0.707. The minimum atomic E-state index is -0.447. The molecule has 4 nitrogen and oxygen atoms in total. The third kappa shape index (κ3) is 2.72. The molecular formula is C18H16BrClN2O2. The fourth-order valence-electron chi connectivity index (χ4n) is 2.96. The molecule has 0 aliphatic rings. The predicted molar refractivity (Wildman–Crippen MR) is 102 cm³/mol. The number of hydrogen-bond donors (Lipinski definition) is 1. The van der Waals surface area contributed by atoms with Gasteiger partial charge in [-0.1, -0.05) is 43.6 Å². The van der Waals surface area contributed by atoms with Gasteiger partial charge < -0.3 is 0 Å². The number of nitrogens with zero attached hydrogens (tertiary/aromatic N) is 1. The molecule has 3 rings (SSSR count). The van der Waals surface area contributed by atoms with Gasteiger partial charge in [0.05, 0.1) is 21.6 Å². The van der Waals surface area contributed by atoms with Gasteiger partial charge in [-0.3, -0.25) is 14.3 Å². The van der Waals surface area contributed by atoms with Crippen LogP contribution in [0.15, 0.2) is 44.4 Å². The van der Waals surface area contributed by atoms with Gasteiger partial charge in [0.25, 0.3) is 5.56 Å². The molecule has 0 amide bonds. The maximum absolute atomic E-state index is 12.6. The van der Waals surface area contributed by atoms with Crippen LogP contribution in [0.1, 0.15) is 25.0 Å². The van der Waals surface area contributed by atoms with E-state index in [2.05, 4.69) is 20.9 Å². The predicted octanol–water partition coefficient (Wildman–Crippen LogP) is 4.22. The monoisotopic (exact) mass is 406 g/mol. The van der Waals surface area contributed by atoms with Crippen molar-refractivity contribution in [2.45, 2.75) is 26.7 Å². The van der Waals surface area contributed by atoms with Gasteiger partial charge in [0, 0.05) is 4.47 Å². The molecule has 2 aromatic carbocycles. The zero-order valence-electron chi connectivity index (χ0n) is 13.3. The van der Waals surface area contributed by atoms with Crippen molar-refractivity contribution in [1.29, 1.82) is 0 Å². The molecule has 0 unspecified atom stereocenters. The second kappa shape index (κ2) is 6.57. The van der Waals surface area contributed by atoms with Crippen LogP contribution in [-0.4, -0.2) is 9.55 Å². The lowest BCUT2D eigenvalue weighted by atomic mass is 10.0. The second-order valence-electron chi connectivity index (χ2n) is 5.51. The van der Waals surface area contributed by atoms with Crippen molar-refractivity contribution in [3.05, 3.63) is 71.8 Å². The molecule has 0 aliphatic carbocycles. The molecule has 6 heteroatoms. The maximum atomic E-state index is 12.6. The van der Waals surface area contributed by atoms with Crippen molar-refractivity contribution in [3.63, 3.8) is 0 Å². The van der Waals surface area contributed by atoms with Crippen LogP contribution in [0.4, 0.5) is 0 Å². The number of H-pyrrole nitrogens is 1. The number of fused-ring (bicyclic) bond motifs is 1. The van der Waals surface area contributed by atoms with Gasteiger partial charge in [-0.25, -0.2) is 4.79 Å². The lowest BCUT2D eigenvalue weighted by Gasteiger charge is -2.17. The molecule has 0 bridgehead atoms. The first-order valence-electron chi connectivity index (χ1n) is 7.73. The summed E-state index contributed by atoms with van der Waals surface area (Å²) in [5.41, 5.74) is 2.59. The smallest absolute Gasteiger partial charge is 0.273 e. The van der Waals surface area contributed by atoms with Crippen molar-refractivity contribution in [2.75, 3.05) is 0 Å². The first-order chi connectivity index (χ1) is 11.5. The van der Waals surface area contributed by atoms with Crippen molar-refractivity contribution in [1.82, 2.24) is 9.55 Å². The van der Waals surface area contributed by atoms with E-state index in [0.29, 0.717) is 20.4 Å². The van der Waals surface area contributed by atoms with Crippen LogP contribution >= 0.6 is 27.5 Å². The van der Waals surface area contributed by atoms with Crippen LogP contribution in [0, 0.1) is 0 Å². The lowest BCUT2D eigenvalue weighted by molar-refractivity contribution is 0.901. The van der Waals surface area contributed by atoms with Gasteiger partial charge in [0.15, 0.2) is 0 Å². The molecule has 0 aliphatic heterocycles. The fraction of sp³-hybridized carbons (Fsp3) is 0.222. The van der Waals surface area contributed by atoms with Crippen molar-refractivity contribution in [3.8, 4) is 5.69 Å². The van der Waals surface area contributed by atoms with E-state index in [9.17, 15) is 9.59 Å². The summed E-state index contributed by atoms with van der Waals surface area (Å²) in [4.78, 5) is 27.3. The first-order valence-corrected chi connectivity index (χ1v) is 8.90. The number of aryl methyl sites for hydroxylation is 2. The van der Waals surface area contributed by atoms with Crippen LogP contribution in [0.5, 0.6) is 0 Å². The van der Waals surface area contributed by atoms with Gasteiger partial charge in [0.2, 0.25) is 0 Å². The van der Waals surface area contributed by atoms with E-state index in [4.69, 9.17) is 11.6 Å². The molecule has 0 fully saturated rings. The third-order valence-corrected chi connectivity index (χ3v) is 5.33.